The van der Waals surface area contributed by atoms with Gasteiger partial charge in [0.25, 0.3) is 0 Å². The summed E-state index contributed by atoms with van der Waals surface area (Å²) in [5.74, 6) is -0.259. The molecule has 1 aliphatic rings. The van der Waals surface area contributed by atoms with Crippen LogP contribution in [-0.4, -0.2) is 45.9 Å². The smallest absolute Gasteiger partial charge is 0.361 e. The monoisotopic (exact) mass is 602 g/mol. The van der Waals surface area contributed by atoms with Crippen molar-refractivity contribution >= 4 is 51.7 Å². The van der Waals surface area contributed by atoms with Crippen molar-refractivity contribution < 1.29 is 22.8 Å². The quantitative estimate of drug-likeness (QED) is 0.205. The molecule has 0 aliphatic heterocycles. The highest BCUT2D eigenvalue weighted by atomic mass is 35.5. The van der Waals surface area contributed by atoms with Crippen molar-refractivity contribution in [3.05, 3.63) is 99.7 Å². The Kier molecular flexibility index (Phi) is 8.47. The summed E-state index contributed by atoms with van der Waals surface area (Å²) in [4.78, 5) is 33.2. The lowest BCUT2D eigenvalue weighted by Gasteiger charge is -2.28. The fourth-order valence-corrected chi connectivity index (χ4v) is 5.00. The Morgan fingerprint density at radius 1 is 0.976 bits per heavy atom. The number of anilines is 1. The van der Waals surface area contributed by atoms with Crippen LogP contribution in [0.2, 0.25) is 10.0 Å². The highest BCUT2D eigenvalue weighted by molar-refractivity contribution is 6.42. The molecular weight excluding hydrogens is 576 g/mol. The van der Waals surface area contributed by atoms with Gasteiger partial charge in [-0.3, -0.25) is 4.79 Å². The van der Waals surface area contributed by atoms with E-state index < -0.39 is 17.8 Å². The molecule has 0 saturated heterocycles. The van der Waals surface area contributed by atoms with Crippen molar-refractivity contribution in [1.82, 2.24) is 14.8 Å². The number of alkyl halides is 3. The molecule has 6 nitrogen and oxygen atoms in total. The van der Waals surface area contributed by atoms with Gasteiger partial charge in [-0.25, -0.2) is 4.79 Å². The number of hydrogen-bond donors (Lipinski definition) is 2. The van der Waals surface area contributed by atoms with Crippen LogP contribution in [0.25, 0.3) is 10.9 Å². The number of aromatic amines is 1. The molecule has 1 heterocycles. The first-order valence-electron chi connectivity index (χ1n) is 13.1. The van der Waals surface area contributed by atoms with E-state index in [-0.39, 0.29) is 30.7 Å². The first kappa shape index (κ1) is 28.8. The zero-order chi connectivity index (χ0) is 29.1. The minimum absolute atomic E-state index is 0.117. The summed E-state index contributed by atoms with van der Waals surface area (Å²) < 4.78 is 38.8. The van der Waals surface area contributed by atoms with Crippen molar-refractivity contribution in [2.75, 3.05) is 18.4 Å². The molecule has 4 aromatic rings. The van der Waals surface area contributed by atoms with E-state index in [1.807, 2.05) is 30.5 Å². The average Bonchev–Trinajstić information content (AvgIpc) is 3.70. The average molecular weight is 603 g/mol. The maximum atomic E-state index is 13.7. The fraction of sp³-hybridized carbons (Fsp3) is 0.267. The van der Waals surface area contributed by atoms with Gasteiger partial charge in [0.2, 0.25) is 5.91 Å². The van der Waals surface area contributed by atoms with E-state index in [0.717, 1.165) is 47.0 Å². The topological polar surface area (TPSA) is 68.4 Å². The largest absolute Gasteiger partial charge is 0.416 e. The van der Waals surface area contributed by atoms with E-state index in [4.69, 9.17) is 23.2 Å². The summed E-state index contributed by atoms with van der Waals surface area (Å²) in [6, 6.07) is 16.7. The number of carbonyl (C=O) groups excluding carboxylic acids is 2. The van der Waals surface area contributed by atoms with Crippen LogP contribution in [0.4, 0.5) is 23.7 Å². The van der Waals surface area contributed by atoms with E-state index in [0.29, 0.717) is 23.0 Å². The lowest BCUT2D eigenvalue weighted by molar-refractivity contribution is -0.137. The Hall–Kier alpha value is -3.69. The van der Waals surface area contributed by atoms with Crippen molar-refractivity contribution in [3.8, 4) is 0 Å². The van der Waals surface area contributed by atoms with Gasteiger partial charge >= 0.3 is 12.2 Å². The molecule has 0 spiro atoms. The second-order valence-corrected chi connectivity index (χ2v) is 10.9. The minimum atomic E-state index is -4.47. The Bertz CT molecular complexity index is 1550. The van der Waals surface area contributed by atoms with E-state index in [1.165, 1.54) is 17.0 Å². The molecule has 1 aliphatic carbocycles. The van der Waals surface area contributed by atoms with Crippen molar-refractivity contribution in [2.24, 2.45) is 0 Å². The van der Waals surface area contributed by atoms with Gasteiger partial charge < -0.3 is 20.1 Å². The third-order valence-electron chi connectivity index (χ3n) is 7.05. The zero-order valence-electron chi connectivity index (χ0n) is 21.8. The SMILES string of the molecule is O=C(CN(C(=O)Nc1ccc(C(F)(F)F)cc1)C1CC1)N(CCc1c[nH]c2ccccc12)Cc1ccc(Cl)c(Cl)c1. The molecule has 0 radical (unpaired) electrons. The number of nitrogens with one attached hydrogen (secondary N) is 2. The summed E-state index contributed by atoms with van der Waals surface area (Å²) in [6.07, 6.45) is -0.468. The minimum Gasteiger partial charge on any atom is -0.361 e. The lowest BCUT2D eigenvalue weighted by atomic mass is 10.1. The number of amides is 3. The van der Waals surface area contributed by atoms with E-state index in [1.54, 1.807) is 23.1 Å². The standard InChI is InChI=1S/C30H27Cl2F3N4O2/c31-25-12-5-19(15-26(25)32)17-38(14-13-20-16-36-27-4-2-1-3-24(20)27)28(40)18-39(23-10-11-23)29(41)37-22-8-6-21(7-9-22)30(33,34)35/h1-9,12,15-16,23,36H,10-11,13-14,17-18H2,(H,37,41). The molecule has 3 amide bonds. The number of fused-ring (bicyclic) bond motifs is 1. The summed E-state index contributed by atoms with van der Waals surface area (Å²) >= 11 is 12.3. The van der Waals surface area contributed by atoms with E-state index in [9.17, 15) is 22.8 Å². The van der Waals surface area contributed by atoms with Crippen LogP contribution in [0.1, 0.15) is 29.5 Å². The number of halogens is 5. The normalized spacial score (nSPS) is 13.3. The predicted molar refractivity (Wildman–Crippen MR) is 154 cm³/mol. The summed E-state index contributed by atoms with van der Waals surface area (Å²) in [6.45, 7) is 0.476. The molecule has 0 atom stereocenters. The highest BCUT2D eigenvalue weighted by Crippen LogP contribution is 2.31. The van der Waals surface area contributed by atoms with Crippen LogP contribution in [0, 0.1) is 0 Å². The second kappa shape index (κ2) is 12.0. The molecule has 41 heavy (non-hydrogen) atoms. The summed E-state index contributed by atoms with van der Waals surface area (Å²) in [5.41, 5.74) is 2.26. The van der Waals surface area contributed by atoms with Crippen LogP contribution in [0.5, 0.6) is 0 Å². The van der Waals surface area contributed by atoms with Gasteiger partial charge in [-0.1, -0.05) is 47.5 Å². The van der Waals surface area contributed by atoms with Gasteiger partial charge in [-0.2, -0.15) is 13.2 Å². The third kappa shape index (κ3) is 7.15. The molecular formula is C30H27Cl2F3N4O2. The Balaban J connectivity index is 1.31. The number of carbonyl (C=O) groups is 2. The Labute approximate surface area is 245 Å². The number of aromatic nitrogens is 1. The number of H-pyrrole nitrogens is 1. The number of benzene rings is 3. The van der Waals surface area contributed by atoms with Gasteiger partial charge in [0, 0.05) is 41.9 Å². The van der Waals surface area contributed by atoms with Crippen LogP contribution < -0.4 is 5.32 Å². The zero-order valence-corrected chi connectivity index (χ0v) is 23.4. The van der Waals surface area contributed by atoms with Gasteiger partial charge in [0.05, 0.1) is 15.6 Å². The lowest BCUT2D eigenvalue weighted by Crippen LogP contribution is -2.45. The van der Waals surface area contributed by atoms with Gasteiger partial charge in [-0.05, 0) is 72.9 Å². The Morgan fingerprint density at radius 3 is 2.39 bits per heavy atom. The molecule has 2 N–H and O–H groups in total. The molecule has 5 rings (SSSR count). The first-order chi connectivity index (χ1) is 19.6. The number of urea groups is 1. The predicted octanol–water partition coefficient (Wildman–Crippen LogP) is 7.76. The van der Waals surface area contributed by atoms with Crippen LogP contribution in [0.3, 0.4) is 0 Å². The van der Waals surface area contributed by atoms with Crippen LogP contribution >= 0.6 is 23.2 Å². The van der Waals surface area contributed by atoms with E-state index in [2.05, 4.69) is 10.3 Å². The molecule has 11 heteroatoms. The molecule has 1 saturated carbocycles. The molecule has 0 unspecified atom stereocenters. The first-order valence-corrected chi connectivity index (χ1v) is 13.9. The van der Waals surface area contributed by atoms with Crippen LogP contribution in [-0.2, 0) is 23.9 Å². The van der Waals surface area contributed by atoms with E-state index >= 15 is 0 Å². The van der Waals surface area contributed by atoms with Crippen molar-refractivity contribution in [1.29, 1.82) is 0 Å². The Morgan fingerprint density at radius 2 is 1.71 bits per heavy atom. The highest BCUT2D eigenvalue weighted by Gasteiger charge is 2.35. The van der Waals surface area contributed by atoms with Gasteiger partial charge in [0.1, 0.15) is 6.54 Å². The van der Waals surface area contributed by atoms with Crippen molar-refractivity contribution in [2.45, 2.75) is 38.0 Å². The number of nitrogens with zero attached hydrogens (tertiary/aromatic N) is 2. The van der Waals surface area contributed by atoms with Crippen molar-refractivity contribution in [3.63, 3.8) is 0 Å². The third-order valence-corrected chi connectivity index (χ3v) is 7.79. The molecule has 3 aromatic carbocycles. The van der Waals surface area contributed by atoms with Crippen LogP contribution in [0.15, 0.2) is 72.9 Å². The number of para-hydroxylation sites is 1. The molecule has 1 fully saturated rings. The molecule has 1 aromatic heterocycles. The maximum Gasteiger partial charge on any atom is 0.416 e. The molecule has 214 valence electrons. The van der Waals surface area contributed by atoms with Gasteiger partial charge in [-0.15, -0.1) is 0 Å². The summed E-state index contributed by atoms with van der Waals surface area (Å²) in [7, 11) is 0. The summed E-state index contributed by atoms with van der Waals surface area (Å²) in [5, 5.41) is 4.50. The van der Waals surface area contributed by atoms with Gasteiger partial charge in [0.15, 0.2) is 0 Å². The number of rotatable bonds is 9. The molecule has 0 bridgehead atoms. The second-order valence-electron chi connectivity index (χ2n) is 10.0. The number of hydrogen-bond acceptors (Lipinski definition) is 2. The fourth-order valence-electron chi connectivity index (χ4n) is 4.68. The maximum absolute atomic E-state index is 13.7.